The fourth-order valence-corrected chi connectivity index (χ4v) is 1.50. The topological polar surface area (TPSA) is 0 Å². The van der Waals surface area contributed by atoms with Crippen molar-refractivity contribution < 1.29 is 4.39 Å². The molecule has 14 heavy (non-hydrogen) atoms. The molecule has 0 aliphatic heterocycles. The van der Waals surface area contributed by atoms with Gasteiger partial charge in [0.25, 0.3) is 0 Å². The second-order valence-corrected chi connectivity index (χ2v) is 3.53. The maximum Gasteiger partial charge on any atom is 0.105 e. The average Bonchev–Trinajstić information content (AvgIpc) is 2.14. The summed E-state index contributed by atoms with van der Waals surface area (Å²) in [7, 11) is 0. The zero-order valence-corrected chi connectivity index (χ0v) is 8.68. The Morgan fingerprint density at radius 1 is 1.64 bits per heavy atom. The van der Waals surface area contributed by atoms with E-state index in [4.69, 9.17) is 0 Å². The van der Waals surface area contributed by atoms with Gasteiger partial charge < -0.3 is 0 Å². The van der Waals surface area contributed by atoms with Crippen LogP contribution >= 0.6 is 0 Å². The molecule has 2 atom stereocenters. The second-order valence-electron chi connectivity index (χ2n) is 3.53. The lowest BCUT2D eigenvalue weighted by Gasteiger charge is -2.19. The Labute approximate surface area is 85.2 Å². The summed E-state index contributed by atoms with van der Waals surface area (Å²) in [6, 6.07) is 0. The van der Waals surface area contributed by atoms with Gasteiger partial charge in [-0.25, -0.2) is 4.39 Å². The molecule has 0 nitrogen and oxygen atoms in total. The summed E-state index contributed by atoms with van der Waals surface area (Å²) in [6.45, 7) is 7.54. The predicted molar refractivity (Wildman–Crippen MR) is 58.2 cm³/mol. The summed E-state index contributed by atoms with van der Waals surface area (Å²) in [5, 5.41) is 0. The minimum Gasteiger partial charge on any atom is -0.211 e. The summed E-state index contributed by atoms with van der Waals surface area (Å²) in [5.74, 6) is 5.81. The molecule has 0 spiro atoms. The van der Waals surface area contributed by atoms with Crippen molar-refractivity contribution in [2.24, 2.45) is 11.8 Å². The molecular formula is C13H15F. The van der Waals surface area contributed by atoms with Gasteiger partial charge in [0, 0.05) is 11.8 Å². The first-order chi connectivity index (χ1) is 6.65. The van der Waals surface area contributed by atoms with E-state index in [9.17, 15) is 4.39 Å². The fraction of sp³-hybridized carbons (Fsp3) is 0.385. The highest BCUT2D eigenvalue weighted by atomic mass is 19.1. The van der Waals surface area contributed by atoms with Gasteiger partial charge in [-0.15, -0.1) is 0 Å². The summed E-state index contributed by atoms with van der Waals surface area (Å²) in [4.78, 5) is 0. The first-order valence-corrected chi connectivity index (χ1v) is 4.86. The molecule has 74 valence electrons. The molecule has 1 heteroatoms. The first kappa shape index (κ1) is 10.8. The van der Waals surface area contributed by atoms with Crippen molar-refractivity contribution in [3.63, 3.8) is 0 Å². The number of hydrogen-bond acceptors (Lipinski definition) is 0. The third kappa shape index (κ3) is 2.60. The van der Waals surface area contributed by atoms with Crippen LogP contribution in [-0.2, 0) is 0 Å². The molecule has 2 unspecified atom stereocenters. The van der Waals surface area contributed by atoms with Gasteiger partial charge in [-0.1, -0.05) is 37.5 Å². The largest absolute Gasteiger partial charge is 0.211 e. The summed E-state index contributed by atoms with van der Waals surface area (Å²) in [6.07, 6.45) is 5.99. The standard InChI is InChI=1S/C13H15F/c1-4-12-11(9-8-10(2)3)6-5-7-13(12)14/h5-7,11-12H,2,4H2,1,3H3. The van der Waals surface area contributed by atoms with Crippen molar-refractivity contribution in [1.82, 2.24) is 0 Å². The Morgan fingerprint density at radius 3 is 2.93 bits per heavy atom. The second kappa shape index (κ2) is 4.81. The zero-order chi connectivity index (χ0) is 10.6. The van der Waals surface area contributed by atoms with E-state index in [2.05, 4.69) is 18.4 Å². The van der Waals surface area contributed by atoms with Crippen LogP contribution in [0.15, 0.2) is 36.2 Å². The van der Waals surface area contributed by atoms with Gasteiger partial charge in [-0.05, 0) is 25.0 Å². The first-order valence-electron chi connectivity index (χ1n) is 4.86. The predicted octanol–water partition coefficient (Wildman–Crippen LogP) is 3.63. The molecule has 0 bridgehead atoms. The van der Waals surface area contributed by atoms with Crippen LogP contribution in [0.4, 0.5) is 4.39 Å². The van der Waals surface area contributed by atoms with Crippen molar-refractivity contribution in [1.29, 1.82) is 0 Å². The van der Waals surface area contributed by atoms with Crippen molar-refractivity contribution in [2.45, 2.75) is 20.3 Å². The molecule has 0 amide bonds. The van der Waals surface area contributed by atoms with E-state index in [-0.39, 0.29) is 17.7 Å². The fourth-order valence-electron chi connectivity index (χ4n) is 1.50. The molecule has 0 fully saturated rings. The molecule has 1 aliphatic carbocycles. The van der Waals surface area contributed by atoms with E-state index >= 15 is 0 Å². The van der Waals surface area contributed by atoms with Gasteiger partial charge in [0.15, 0.2) is 0 Å². The molecule has 0 saturated heterocycles. The minimum absolute atomic E-state index is 0.00157. The number of hydrogen-bond donors (Lipinski definition) is 0. The van der Waals surface area contributed by atoms with E-state index in [0.29, 0.717) is 0 Å². The Kier molecular flexibility index (Phi) is 3.71. The highest BCUT2D eigenvalue weighted by molar-refractivity contribution is 5.31. The summed E-state index contributed by atoms with van der Waals surface area (Å²) >= 11 is 0. The van der Waals surface area contributed by atoms with Crippen LogP contribution in [0, 0.1) is 23.7 Å². The summed E-state index contributed by atoms with van der Waals surface area (Å²) < 4.78 is 13.3. The zero-order valence-electron chi connectivity index (χ0n) is 8.68. The minimum atomic E-state index is -0.0770. The van der Waals surface area contributed by atoms with E-state index in [1.165, 1.54) is 6.08 Å². The molecule has 0 heterocycles. The van der Waals surface area contributed by atoms with Crippen LogP contribution in [0.5, 0.6) is 0 Å². The molecule has 1 rings (SSSR count). The molecule has 0 N–H and O–H groups in total. The maximum atomic E-state index is 13.3. The molecule has 1 aliphatic rings. The van der Waals surface area contributed by atoms with Gasteiger partial charge in [0.05, 0.1) is 0 Å². The SMILES string of the molecule is C=C(C)C#CC1C=CC=C(F)C1CC. The van der Waals surface area contributed by atoms with E-state index in [1.807, 2.05) is 19.9 Å². The van der Waals surface area contributed by atoms with Crippen LogP contribution in [0.25, 0.3) is 0 Å². The third-order valence-corrected chi connectivity index (χ3v) is 2.25. The van der Waals surface area contributed by atoms with Gasteiger partial charge >= 0.3 is 0 Å². The van der Waals surface area contributed by atoms with E-state index in [1.54, 1.807) is 6.08 Å². The Bertz CT molecular complexity index is 336. The van der Waals surface area contributed by atoms with Crippen molar-refractivity contribution in [3.8, 4) is 11.8 Å². The van der Waals surface area contributed by atoms with Crippen LogP contribution in [-0.4, -0.2) is 0 Å². The lowest BCUT2D eigenvalue weighted by atomic mass is 9.86. The number of allylic oxidation sites excluding steroid dienone is 5. The Morgan fingerprint density at radius 2 is 2.36 bits per heavy atom. The molecule has 0 saturated carbocycles. The van der Waals surface area contributed by atoms with Gasteiger partial charge in [-0.2, -0.15) is 0 Å². The van der Waals surface area contributed by atoms with E-state index < -0.39 is 0 Å². The van der Waals surface area contributed by atoms with Crippen molar-refractivity contribution in [3.05, 3.63) is 36.2 Å². The quantitative estimate of drug-likeness (QED) is 0.554. The molecule has 0 aromatic heterocycles. The highest BCUT2D eigenvalue weighted by Crippen LogP contribution is 2.29. The number of rotatable bonds is 1. The monoisotopic (exact) mass is 190 g/mol. The molecule has 0 radical (unpaired) electrons. The molecule has 0 aromatic rings. The molecule has 0 aromatic carbocycles. The molecular weight excluding hydrogens is 175 g/mol. The van der Waals surface area contributed by atoms with Crippen LogP contribution < -0.4 is 0 Å². The van der Waals surface area contributed by atoms with Crippen LogP contribution in [0.2, 0.25) is 0 Å². The third-order valence-electron chi connectivity index (χ3n) is 2.25. The van der Waals surface area contributed by atoms with E-state index in [0.717, 1.165) is 12.0 Å². The summed E-state index contributed by atoms with van der Waals surface area (Å²) in [5.41, 5.74) is 0.822. The van der Waals surface area contributed by atoms with Gasteiger partial charge in [0.1, 0.15) is 5.83 Å². The van der Waals surface area contributed by atoms with Crippen molar-refractivity contribution >= 4 is 0 Å². The van der Waals surface area contributed by atoms with Crippen LogP contribution in [0.1, 0.15) is 20.3 Å². The lowest BCUT2D eigenvalue weighted by Crippen LogP contribution is -2.13. The Hall–Kier alpha value is -1.29. The lowest BCUT2D eigenvalue weighted by molar-refractivity contribution is 0.408. The van der Waals surface area contributed by atoms with Gasteiger partial charge in [0.2, 0.25) is 0 Å². The van der Waals surface area contributed by atoms with Gasteiger partial charge in [-0.3, -0.25) is 0 Å². The maximum absolute atomic E-state index is 13.3. The average molecular weight is 190 g/mol. The van der Waals surface area contributed by atoms with Crippen LogP contribution in [0.3, 0.4) is 0 Å². The highest BCUT2D eigenvalue weighted by Gasteiger charge is 2.22. The van der Waals surface area contributed by atoms with Crippen molar-refractivity contribution in [2.75, 3.05) is 0 Å². The number of halogens is 1. The Balaban J connectivity index is 2.81. The normalized spacial score (nSPS) is 24.9. The smallest absolute Gasteiger partial charge is 0.105 e.